The maximum absolute atomic E-state index is 10.0. The van der Waals surface area contributed by atoms with Crippen molar-refractivity contribution >= 4 is 0 Å². The molecule has 1 saturated heterocycles. The zero-order chi connectivity index (χ0) is 12.1. The van der Waals surface area contributed by atoms with Crippen molar-refractivity contribution in [3.63, 3.8) is 0 Å². The monoisotopic (exact) mass is 236 g/mol. The first-order valence-electron chi connectivity index (χ1n) is 5.10. The third-order valence-electron chi connectivity index (χ3n) is 2.73. The minimum Gasteiger partial charge on any atom is -0.387 e. The van der Waals surface area contributed by atoms with Gasteiger partial charge in [0, 0.05) is 28.4 Å². The van der Waals surface area contributed by atoms with Crippen LogP contribution in [0.5, 0.6) is 0 Å². The second-order valence-electron chi connectivity index (χ2n) is 3.63. The molecule has 0 saturated carbocycles. The average molecular weight is 236 g/mol. The lowest BCUT2D eigenvalue weighted by molar-refractivity contribution is -0.303. The molecule has 1 aliphatic heterocycles. The molecule has 96 valence electrons. The van der Waals surface area contributed by atoms with Crippen LogP contribution in [0, 0.1) is 0 Å². The summed E-state index contributed by atoms with van der Waals surface area (Å²) in [6, 6.07) is 0. The van der Waals surface area contributed by atoms with Gasteiger partial charge in [-0.3, -0.25) is 0 Å². The average Bonchev–Trinajstić information content (AvgIpc) is 2.31. The van der Waals surface area contributed by atoms with Crippen LogP contribution in [0.25, 0.3) is 0 Å². The first-order valence-corrected chi connectivity index (χ1v) is 5.10. The van der Waals surface area contributed by atoms with Gasteiger partial charge in [-0.2, -0.15) is 0 Å². The Morgan fingerprint density at radius 1 is 1.00 bits per heavy atom. The van der Waals surface area contributed by atoms with Crippen LogP contribution in [0.3, 0.4) is 0 Å². The number of hydrogen-bond donors (Lipinski definition) is 1. The smallest absolute Gasteiger partial charge is 0.186 e. The molecule has 0 aliphatic carbocycles. The molecule has 6 heteroatoms. The molecule has 16 heavy (non-hydrogen) atoms. The van der Waals surface area contributed by atoms with Crippen molar-refractivity contribution in [2.24, 2.45) is 0 Å². The van der Waals surface area contributed by atoms with Crippen molar-refractivity contribution < 1.29 is 28.8 Å². The maximum atomic E-state index is 10.0. The van der Waals surface area contributed by atoms with Gasteiger partial charge < -0.3 is 28.8 Å². The third-order valence-corrected chi connectivity index (χ3v) is 2.73. The summed E-state index contributed by atoms with van der Waals surface area (Å²) in [6.45, 7) is 0.275. The van der Waals surface area contributed by atoms with Gasteiger partial charge >= 0.3 is 0 Å². The van der Waals surface area contributed by atoms with E-state index in [1.165, 1.54) is 21.3 Å². The SMILES string of the molecule is COCC1OC(OC)C(OC)C(OC)C1O. The minimum atomic E-state index is -0.804. The van der Waals surface area contributed by atoms with Crippen LogP contribution < -0.4 is 0 Å². The fourth-order valence-corrected chi connectivity index (χ4v) is 1.90. The van der Waals surface area contributed by atoms with E-state index in [0.29, 0.717) is 0 Å². The van der Waals surface area contributed by atoms with Gasteiger partial charge in [0.1, 0.15) is 24.4 Å². The van der Waals surface area contributed by atoms with Crippen LogP contribution in [-0.4, -0.2) is 70.9 Å². The molecule has 0 aromatic rings. The Morgan fingerprint density at radius 3 is 2.06 bits per heavy atom. The first-order chi connectivity index (χ1) is 7.69. The zero-order valence-electron chi connectivity index (χ0n) is 10.1. The molecule has 0 spiro atoms. The van der Waals surface area contributed by atoms with Gasteiger partial charge in [0.05, 0.1) is 6.61 Å². The van der Waals surface area contributed by atoms with Gasteiger partial charge in [0.2, 0.25) is 0 Å². The highest BCUT2D eigenvalue weighted by Crippen LogP contribution is 2.25. The molecule has 6 nitrogen and oxygen atoms in total. The van der Waals surface area contributed by atoms with Gasteiger partial charge in [-0.25, -0.2) is 0 Å². The highest BCUT2D eigenvalue weighted by molar-refractivity contribution is 4.90. The highest BCUT2D eigenvalue weighted by atomic mass is 16.7. The predicted octanol–water partition coefficient (Wildman–Crippen LogP) is -0.605. The normalized spacial score (nSPS) is 39.9. The fourth-order valence-electron chi connectivity index (χ4n) is 1.90. The molecule has 1 heterocycles. The maximum Gasteiger partial charge on any atom is 0.186 e. The second-order valence-corrected chi connectivity index (χ2v) is 3.63. The van der Waals surface area contributed by atoms with E-state index in [0.717, 1.165) is 0 Å². The Kier molecular flexibility index (Phi) is 5.60. The highest BCUT2D eigenvalue weighted by Gasteiger charge is 2.46. The van der Waals surface area contributed by atoms with Crippen molar-refractivity contribution in [1.29, 1.82) is 0 Å². The number of aliphatic hydroxyl groups excluding tert-OH is 1. The number of aliphatic hydroxyl groups is 1. The van der Waals surface area contributed by atoms with Crippen molar-refractivity contribution in [2.75, 3.05) is 35.0 Å². The molecule has 0 radical (unpaired) electrons. The van der Waals surface area contributed by atoms with Crippen LogP contribution in [0.1, 0.15) is 0 Å². The summed E-state index contributed by atoms with van der Waals surface area (Å²) < 4.78 is 26.1. The number of methoxy groups -OCH3 is 4. The molecule has 1 fully saturated rings. The molecule has 0 bridgehead atoms. The van der Waals surface area contributed by atoms with Crippen molar-refractivity contribution in [2.45, 2.75) is 30.7 Å². The zero-order valence-corrected chi connectivity index (χ0v) is 10.1. The van der Waals surface area contributed by atoms with Crippen LogP contribution in [0.15, 0.2) is 0 Å². The number of hydrogen-bond acceptors (Lipinski definition) is 6. The van der Waals surface area contributed by atoms with Gasteiger partial charge in [-0.15, -0.1) is 0 Å². The third kappa shape index (κ3) is 2.71. The van der Waals surface area contributed by atoms with E-state index in [1.54, 1.807) is 7.11 Å². The predicted molar refractivity (Wildman–Crippen MR) is 55.1 cm³/mol. The van der Waals surface area contributed by atoms with Gasteiger partial charge in [0.15, 0.2) is 6.29 Å². The largest absolute Gasteiger partial charge is 0.387 e. The van der Waals surface area contributed by atoms with Crippen LogP contribution in [-0.2, 0) is 23.7 Å². The van der Waals surface area contributed by atoms with E-state index in [2.05, 4.69) is 0 Å². The van der Waals surface area contributed by atoms with E-state index in [4.69, 9.17) is 23.7 Å². The van der Waals surface area contributed by atoms with E-state index in [9.17, 15) is 5.11 Å². The van der Waals surface area contributed by atoms with E-state index >= 15 is 0 Å². The van der Waals surface area contributed by atoms with Gasteiger partial charge in [-0.05, 0) is 0 Å². The van der Waals surface area contributed by atoms with Crippen LogP contribution in [0.2, 0.25) is 0 Å². The van der Waals surface area contributed by atoms with E-state index in [-0.39, 0.29) is 6.61 Å². The molecular formula is C10H20O6. The standard InChI is InChI=1S/C10H20O6/c1-12-5-6-7(11)8(13-2)9(14-3)10(15-4)16-6/h6-11H,5H2,1-4H3. The summed E-state index contributed by atoms with van der Waals surface area (Å²) in [5.74, 6) is 0. The Bertz CT molecular complexity index is 200. The van der Waals surface area contributed by atoms with Gasteiger partial charge in [0.25, 0.3) is 0 Å². The molecule has 5 unspecified atom stereocenters. The molecule has 1 aliphatic rings. The molecule has 0 aromatic carbocycles. The van der Waals surface area contributed by atoms with Crippen molar-refractivity contribution in [1.82, 2.24) is 0 Å². The van der Waals surface area contributed by atoms with Crippen LogP contribution >= 0.6 is 0 Å². The Hall–Kier alpha value is -0.240. The number of ether oxygens (including phenoxy) is 5. The quantitative estimate of drug-likeness (QED) is 0.687. The Labute approximate surface area is 95.4 Å². The van der Waals surface area contributed by atoms with Crippen LogP contribution in [0.4, 0.5) is 0 Å². The summed E-state index contributed by atoms with van der Waals surface area (Å²) >= 11 is 0. The number of rotatable bonds is 5. The van der Waals surface area contributed by atoms with Crippen molar-refractivity contribution in [3.8, 4) is 0 Å². The lowest BCUT2D eigenvalue weighted by atomic mass is 9.99. The molecule has 0 amide bonds. The molecule has 0 aromatic heterocycles. The first kappa shape index (κ1) is 13.8. The lowest BCUT2D eigenvalue weighted by Crippen LogP contribution is -2.60. The molecular weight excluding hydrogens is 216 g/mol. The fraction of sp³-hybridized carbons (Fsp3) is 1.00. The molecule has 1 rings (SSSR count). The summed E-state index contributed by atoms with van der Waals surface area (Å²) in [6.07, 6.45) is -2.81. The Balaban J connectivity index is 2.76. The summed E-state index contributed by atoms with van der Waals surface area (Å²) in [7, 11) is 6.10. The Morgan fingerprint density at radius 2 is 1.62 bits per heavy atom. The second kappa shape index (κ2) is 6.48. The minimum absolute atomic E-state index is 0.275. The summed E-state index contributed by atoms with van der Waals surface area (Å²) in [5, 5.41) is 10.0. The van der Waals surface area contributed by atoms with E-state index < -0.39 is 30.7 Å². The lowest BCUT2D eigenvalue weighted by Gasteiger charge is -2.42. The molecule has 5 atom stereocenters. The van der Waals surface area contributed by atoms with Gasteiger partial charge in [-0.1, -0.05) is 0 Å². The summed E-state index contributed by atoms with van der Waals surface area (Å²) in [5.41, 5.74) is 0. The topological polar surface area (TPSA) is 66.4 Å². The van der Waals surface area contributed by atoms with Crippen molar-refractivity contribution in [3.05, 3.63) is 0 Å². The summed E-state index contributed by atoms with van der Waals surface area (Å²) in [4.78, 5) is 0. The van der Waals surface area contributed by atoms with E-state index in [1.807, 2.05) is 0 Å². The molecule has 1 N–H and O–H groups in total.